The van der Waals surface area contributed by atoms with Crippen LogP contribution < -0.4 is 11.1 Å². The molecule has 6 heteroatoms. The molecule has 2 aromatic carbocycles. The van der Waals surface area contributed by atoms with Crippen LogP contribution in [0.15, 0.2) is 34.8 Å². The van der Waals surface area contributed by atoms with Crippen molar-refractivity contribution >= 4 is 44.8 Å². The summed E-state index contributed by atoms with van der Waals surface area (Å²) in [5.41, 5.74) is 7.68. The number of carbonyl (C=O) groups is 1. The van der Waals surface area contributed by atoms with Crippen LogP contribution in [0.5, 0.6) is 0 Å². The molecule has 2 aromatic rings. The molecule has 20 heavy (non-hydrogen) atoms. The van der Waals surface area contributed by atoms with E-state index in [2.05, 4.69) is 21.2 Å². The van der Waals surface area contributed by atoms with Crippen LogP contribution in [0.2, 0.25) is 5.02 Å². The summed E-state index contributed by atoms with van der Waals surface area (Å²) in [4.78, 5) is 12.2. The lowest BCUT2D eigenvalue weighted by molar-refractivity contribution is 0.102. The number of amides is 1. The highest BCUT2D eigenvalue weighted by atomic mass is 79.9. The van der Waals surface area contributed by atoms with E-state index in [1.807, 2.05) is 0 Å². The zero-order valence-electron chi connectivity index (χ0n) is 10.5. The molecule has 0 atom stereocenters. The molecule has 1 amide bonds. The number of anilines is 2. The molecule has 0 saturated carbocycles. The molecule has 0 radical (unpaired) electrons. The fourth-order valence-electron chi connectivity index (χ4n) is 1.76. The molecule has 3 N–H and O–H groups in total. The molecule has 0 fully saturated rings. The van der Waals surface area contributed by atoms with Gasteiger partial charge in [-0.3, -0.25) is 4.79 Å². The Morgan fingerprint density at radius 2 is 2.00 bits per heavy atom. The van der Waals surface area contributed by atoms with Gasteiger partial charge in [-0.1, -0.05) is 27.5 Å². The van der Waals surface area contributed by atoms with Gasteiger partial charge < -0.3 is 11.1 Å². The van der Waals surface area contributed by atoms with E-state index in [9.17, 15) is 9.18 Å². The highest BCUT2D eigenvalue weighted by Crippen LogP contribution is 2.24. The number of nitrogen functional groups attached to an aromatic ring is 1. The third-order valence-electron chi connectivity index (χ3n) is 2.78. The highest BCUT2D eigenvalue weighted by Gasteiger charge is 2.13. The monoisotopic (exact) mass is 356 g/mol. The Morgan fingerprint density at radius 1 is 1.30 bits per heavy atom. The molecule has 0 aliphatic rings. The van der Waals surface area contributed by atoms with E-state index in [1.165, 1.54) is 18.2 Å². The second-order valence-electron chi connectivity index (χ2n) is 4.28. The van der Waals surface area contributed by atoms with Crippen molar-refractivity contribution in [2.75, 3.05) is 11.1 Å². The summed E-state index contributed by atoms with van der Waals surface area (Å²) >= 11 is 9.03. The standard InChI is InChI=1S/C14H11BrClFN2O/c1-7-12(2-8(15)3-13(7)18)14(20)19-11-5-9(16)4-10(17)6-11/h2-6H,18H2,1H3,(H,19,20). The lowest BCUT2D eigenvalue weighted by atomic mass is 10.1. The molecular formula is C14H11BrClFN2O. The van der Waals surface area contributed by atoms with Crippen LogP contribution in [0.25, 0.3) is 0 Å². The number of benzene rings is 2. The topological polar surface area (TPSA) is 55.1 Å². The summed E-state index contributed by atoms with van der Waals surface area (Å²) in [6.07, 6.45) is 0. The van der Waals surface area contributed by atoms with Crippen LogP contribution in [-0.4, -0.2) is 5.91 Å². The minimum Gasteiger partial charge on any atom is -0.398 e. The smallest absolute Gasteiger partial charge is 0.256 e. The first-order chi connectivity index (χ1) is 9.36. The Morgan fingerprint density at radius 3 is 2.65 bits per heavy atom. The molecule has 2 rings (SSSR count). The van der Waals surface area contributed by atoms with E-state index in [-0.39, 0.29) is 16.6 Å². The quantitative estimate of drug-likeness (QED) is 0.783. The van der Waals surface area contributed by atoms with Gasteiger partial charge in [-0.2, -0.15) is 0 Å². The molecule has 3 nitrogen and oxygen atoms in total. The van der Waals surface area contributed by atoms with Crippen LogP contribution in [-0.2, 0) is 0 Å². The molecule has 0 aliphatic heterocycles. The number of hydrogen-bond acceptors (Lipinski definition) is 2. The normalized spacial score (nSPS) is 10.4. The van der Waals surface area contributed by atoms with Crippen LogP contribution in [0, 0.1) is 12.7 Å². The molecule has 0 spiro atoms. The summed E-state index contributed by atoms with van der Waals surface area (Å²) in [6, 6.07) is 7.20. The van der Waals surface area contributed by atoms with E-state index in [1.54, 1.807) is 19.1 Å². The molecule has 0 heterocycles. The SMILES string of the molecule is Cc1c(N)cc(Br)cc1C(=O)Nc1cc(F)cc(Cl)c1. The molecule has 0 aliphatic carbocycles. The Labute approximate surface area is 129 Å². The number of rotatable bonds is 2. The van der Waals surface area contributed by atoms with Gasteiger partial charge in [0.2, 0.25) is 0 Å². The largest absolute Gasteiger partial charge is 0.398 e. The van der Waals surface area contributed by atoms with E-state index >= 15 is 0 Å². The first kappa shape index (κ1) is 14.8. The summed E-state index contributed by atoms with van der Waals surface area (Å²) in [5, 5.41) is 2.81. The minimum atomic E-state index is -0.515. The van der Waals surface area contributed by atoms with E-state index in [0.29, 0.717) is 21.3 Å². The van der Waals surface area contributed by atoms with Crippen molar-refractivity contribution in [1.29, 1.82) is 0 Å². The third-order valence-corrected chi connectivity index (χ3v) is 3.45. The molecule has 0 saturated heterocycles. The van der Waals surface area contributed by atoms with Gasteiger partial charge in [0.1, 0.15) is 5.82 Å². The maximum Gasteiger partial charge on any atom is 0.256 e. The van der Waals surface area contributed by atoms with Gasteiger partial charge in [-0.05, 0) is 42.8 Å². The average molecular weight is 358 g/mol. The van der Waals surface area contributed by atoms with Crippen molar-refractivity contribution < 1.29 is 9.18 Å². The van der Waals surface area contributed by atoms with E-state index in [4.69, 9.17) is 17.3 Å². The summed E-state index contributed by atoms with van der Waals surface area (Å²) in [5.74, 6) is -0.893. The van der Waals surface area contributed by atoms with E-state index < -0.39 is 5.82 Å². The van der Waals surface area contributed by atoms with Crippen molar-refractivity contribution in [2.24, 2.45) is 0 Å². The zero-order valence-corrected chi connectivity index (χ0v) is 12.8. The highest BCUT2D eigenvalue weighted by molar-refractivity contribution is 9.10. The van der Waals surface area contributed by atoms with Crippen LogP contribution in [0.4, 0.5) is 15.8 Å². The Balaban J connectivity index is 2.33. The second-order valence-corrected chi connectivity index (χ2v) is 5.63. The fraction of sp³-hybridized carbons (Fsp3) is 0.0714. The minimum absolute atomic E-state index is 0.214. The Bertz CT molecular complexity index is 671. The second kappa shape index (κ2) is 5.81. The van der Waals surface area contributed by atoms with Gasteiger partial charge >= 0.3 is 0 Å². The lowest BCUT2D eigenvalue weighted by Crippen LogP contribution is -2.14. The van der Waals surface area contributed by atoms with Crippen molar-refractivity contribution in [3.63, 3.8) is 0 Å². The molecular weight excluding hydrogens is 347 g/mol. The van der Waals surface area contributed by atoms with Gasteiger partial charge in [0.15, 0.2) is 0 Å². The molecule has 104 valence electrons. The number of halogens is 3. The summed E-state index contributed by atoms with van der Waals surface area (Å²) in [6.45, 7) is 1.75. The number of nitrogens with one attached hydrogen (secondary N) is 1. The van der Waals surface area contributed by atoms with Gasteiger partial charge in [0.05, 0.1) is 0 Å². The average Bonchev–Trinajstić information content (AvgIpc) is 2.32. The third kappa shape index (κ3) is 3.29. The number of nitrogens with two attached hydrogens (primary N) is 1. The van der Waals surface area contributed by atoms with Crippen molar-refractivity contribution in [1.82, 2.24) is 0 Å². The van der Waals surface area contributed by atoms with Gasteiger partial charge in [-0.25, -0.2) is 4.39 Å². The molecule has 0 unspecified atom stereocenters. The summed E-state index contributed by atoms with van der Waals surface area (Å²) < 4.78 is 13.9. The predicted molar refractivity (Wildman–Crippen MR) is 82.7 cm³/mol. The Kier molecular flexibility index (Phi) is 4.30. The molecule has 0 aromatic heterocycles. The molecule has 0 bridgehead atoms. The number of hydrogen-bond donors (Lipinski definition) is 2. The van der Waals surface area contributed by atoms with Crippen LogP contribution >= 0.6 is 27.5 Å². The number of carbonyl (C=O) groups excluding carboxylic acids is 1. The van der Waals surface area contributed by atoms with E-state index in [0.717, 1.165) is 0 Å². The van der Waals surface area contributed by atoms with Crippen molar-refractivity contribution in [3.05, 3.63) is 56.8 Å². The zero-order chi connectivity index (χ0) is 14.9. The maximum absolute atomic E-state index is 13.2. The van der Waals surface area contributed by atoms with Crippen molar-refractivity contribution in [2.45, 2.75) is 6.92 Å². The maximum atomic E-state index is 13.2. The van der Waals surface area contributed by atoms with Gasteiger partial charge in [-0.15, -0.1) is 0 Å². The first-order valence-corrected chi connectivity index (χ1v) is 6.87. The lowest BCUT2D eigenvalue weighted by Gasteiger charge is -2.10. The predicted octanol–water partition coefficient (Wildman–Crippen LogP) is 4.38. The van der Waals surface area contributed by atoms with Crippen LogP contribution in [0.3, 0.4) is 0 Å². The van der Waals surface area contributed by atoms with Crippen molar-refractivity contribution in [3.8, 4) is 0 Å². The first-order valence-electron chi connectivity index (χ1n) is 5.70. The van der Waals surface area contributed by atoms with Gasteiger partial charge in [0, 0.05) is 26.4 Å². The van der Waals surface area contributed by atoms with Gasteiger partial charge in [0.25, 0.3) is 5.91 Å². The fourth-order valence-corrected chi connectivity index (χ4v) is 2.46. The summed E-state index contributed by atoms with van der Waals surface area (Å²) in [7, 11) is 0. The Hall–Kier alpha value is -1.59. The van der Waals surface area contributed by atoms with Crippen LogP contribution in [0.1, 0.15) is 15.9 Å².